The number of nitrogens with one attached hydrogen (secondary N) is 3. The number of anilines is 1. The number of morpholine rings is 1. The lowest BCUT2D eigenvalue weighted by atomic mass is 10.1. The lowest BCUT2D eigenvalue weighted by Gasteiger charge is -2.30. The van der Waals surface area contributed by atoms with Crippen LogP contribution in [0.2, 0.25) is 0 Å². The molecular weight excluding hydrogens is 469 g/mol. The number of para-hydroxylation sites is 1. The molecule has 1 aliphatic heterocycles. The Morgan fingerprint density at radius 1 is 1.18 bits per heavy atom. The van der Waals surface area contributed by atoms with E-state index in [0.29, 0.717) is 12.5 Å². The molecule has 8 heteroatoms. The Bertz CT molecular complexity index is 640. The van der Waals surface area contributed by atoms with E-state index in [-0.39, 0.29) is 42.0 Å². The van der Waals surface area contributed by atoms with Gasteiger partial charge in [0.25, 0.3) is 0 Å². The number of halogens is 1. The summed E-state index contributed by atoms with van der Waals surface area (Å²) in [5.41, 5.74) is 2.12. The van der Waals surface area contributed by atoms with E-state index in [1.165, 1.54) is 5.69 Å². The normalized spacial score (nSPS) is 14.9. The highest BCUT2D eigenvalue weighted by Gasteiger charge is 2.15. The molecular formula is C20H34IN5O2. The maximum absolute atomic E-state index is 12.0. The number of benzene rings is 1. The Hall–Kier alpha value is -1.55. The molecule has 2 rings (SSSR count). The van der Waals surface area contributed by atoms with Gasteiger partial charge in [-0.1, -0.05) is 18.2 Å². The minimum absolute atomic E-state index is 0. The van der Waals surface area contributed by atoms with Gasteiger partial charge in [0.15, 0.2) is 5.96 Å². The van der Waals surface area contributed by atoms with Crippen molar-refractivity contribution in [3.05, 3.63) is 29.8 Å². The minimum Gasteiger partial charge on any atom is -0.378 e. The van der Waals surface area contributed by atoms with E-state index in [4.69, 9.17) is 4.74 Å². The molecule has 1 saturated heterocycles. The number of hydrogen-bond donors (Lipinski definition) is 3. The first kappa shape index (κ1) is 24.5. The van der Waals surface area contributed by atoms with Gasteiger partial charge in [-0.2, -0.15) is 0 Å². The van der Waals surface area contributed by atoms with Crippen LogP contribution in [0.15, 0.2) is 29.3 Å². The topological polar surface area (TPSA) is 78.0 Å². The van der Waals surface area contributed by atoms with Crippen molar-refractivity contribution < 1.29 is 9.53 Å². The second-order valence-corrected chi connectivity index (χ2v) is 7.58. The van der Waals surface area contributed by atoms with Crippen LogP contribution in [0.5, 0.6) is 0 Å². The molecule has 0 radical (unpaired) electrons. The third-order valence-electron chi connectivity index (χ3n) is 4.03. The van der Waals surface area contributed by atoms with Gasteiger partial charge in [0.1, 0.15) is 0 Å². The molecule has 1 fully saturated rings. The molecule has 7 nitrogen and oxygen atoms in total. The zero-order valence-corrected chi connectivity index (χ0v) is 19.7. The molecule has 0 saturated carbocycles. The van der Waals surface area contributed by atoms with Gasteiger partial charge in [-0.05, 0) is 39.3 Å². The number of amides is 1. The summed E-state index contributed by atoms with van der Waals surface area (Å²) in [6.07, 6.45) is 0. The Labute approximate surface area is 185 Å². The molecule has 0 spiro atoms. The average Bonchev–Trinajstić information content (AvgIpc) is 2.63. The summed E-state index contributed by atoms with van der Waals surface area (Å²) >= 11 is 0. The van der Waals surface area contributed by atoms with E-state index >= 15 is 0 Å². The van der Waals surface area contributed by atoms with E-state index in [1.807, 2.05) is 33.8 Å². The van der Waals surface area contributed by atoms with Crippen molar-refractivity contribution in [2.45, 2.75) is 39.8 Å². The molecule has 0 bridgehead atoms. The van der Waals surface area contributed by atoms with Crippen LogP contribution in [0, 0.1) is 0 Å². The van der Waals surface area contributed by atoms with Gasteiger partial charge < -0.3 is 25.6 Å². The predicted molar refractivity (Wildman–Crippen MR) is 126 cm³/mol. The lowest BCUT2D eigenvalue weighted by Crippen LogP contribution is -2.48. The van der Waals surface area contributed by atoms with E-state index in [0.717, 1.165) is 38.4 Å². The van der Waals surface area contributed by atoms with Gasteiger partial charge in [-0.3, -0.25) is 4.79 Å². The maximum Gasteiger partial charge on any atom is 0.239 e. The number of rotatable bonds is 6. The third-order valence-corrected chi connectivity index (χ3v) is 4.03. The van der Waals surface area contributed by atoms with Crippen LogP contribution < -0.4 is 20.9 Å². The second kappa shape index (κ2) is 12.1. The number of guanidine groups is 1. The van der Waals surface area contributed by atoms with Crippen molar-refractivity contribution in [3.8, 4) is 0 Å². The number of aliphatic imine (C=N–C) groups is 1. The average molecular weight is 503 g/mol. The summed E-state index contributed by atoms with van der Waals surface area (Å²) in [4.78, 5) is 19.0. The summed E-state index contributed by atoms with van der Waals surface area (Å²) in [6.45, 7) is 12.7. The SMILES string of the molecule is CCNC(=NCc1ccccc1N1CCOCC1)NCC(=O)NC(C)(C)C.I. The van der Waals surface area contributed by atoms with Crippen LogP contribution in [0.3, 0.4) is 0 Å². The summed E-state index contributed by atoms with van der Waals surface area (Å²) < 4.78 is 5.45. The predicted octanol–water partition coefficient (Wildman–Crippen LogP) is 2.11. The molecule has 158 valence electrons. The smallest absolute Gasteiger partial charge is 0.239 e. The highest BCUT2D eigenvalue weighted by Crippen LogP contribution is 2.22. The van der Waals surface area contributed by atoms with E-state index in [9.17, 15) is 4.79 Å². The fourth-order valence-electron chi connectivity index (χ4n) is 2.89. The number of carbonyl (C=O) groups excluding carboxylic acids is 1. The van der Waals surface area contributed by atoms with Gasteiger partial charge in [-0.25, -0.2) is 4.99 Å². The number of nitrogens with zero attached hydrogens (tertiary/aromatic N) is 2. The summed E-state index contributed by atoms with van der Waals surface area (Å²) in [5, 5.41) is 9.24. The first-order chi connectivity index (χ1) is 12.9. The standard InChI is InChI=1S/C20H33N5O2.HI/c1-5-21-19(23-15-18(26)24-20(2,3)4)22-14-16-8-6-7-9-17(16)25-10-12-27-13-11-25;/h6-9H,5,10-15H2,1-4H3,(H,24,26)(H2,21,22,23);1H. The van der Waals surface area contributed by atoms with Crippen molar-refractivity contribution in [2.75, 3.05) is 44.3 Å². The molecule has 3 N–H and O–H groups in total. The van der Waals surface area contributed by atoms with Crippen LogP contribution in [0.25, 0.3) is 0 Å². The molecule has 0 unspecified atom stereocenters. The fourth-order valence-corrected chi connectivity index (χ4v) is 2.89. The molecule has 1 aromatic rings. The zero-order valence-electron chi connectivity index (χ0n) is 17.4. The summed E-state index contributed by atoms with van der Waals surface area (Å²) in [6, 6.07) is 8.32. The lowest BCUT2D eigenvalue weighted by molar-refractivity contribution is -0.121. The van der Waals surface area contributed by atoms with E-state index < -0.39 is 0 Å². The number of carbonyl (C=O) groups is 1. The zero-order chi connectivity index (χ0) is 19.7. The van der Waals surface area contributed by atoms with E-state index in [1.54, 1.807) is 0 Å². The monoisotopic (exact) mass is 503 g/mol. The highest BCUT2D eigenvalue weighted by atomic mass is 127. The van der Waals surface area contributed by atoms with Crippen LogP contribution in [0.1, 0.15) is 33.3 Å². The first-order valence-corrected chi connectivity index (χ1v) is 9.63. The van der Waals surface area contributed by atoms with Crippen molar-refractivity contribution in [3.63, 3.8) is 0 Å². The quantitative estimate of drug-likeness (QED) is 0.315. The Morgan fingerprint density at radius 3 is 2.50 bits per heavy atom. The van der Waals surface area contributed by atoms with Gasteiger partial charge in [-0.15, -0.1) is 24.0 Å². The molecule has 1 aromatic carbocycles. The molecule has 1 aliphatic rings. The Balaban J connectivity index is 0.00000392. The van der Waals surface area contributed by atoms with Crippen molar-refractivity contribution >= 4 is 41.5 Å². The Morgan fingerprint density at radius 2 is 1.86 bits per heavy atom. The third kappa shape index (κ3) is 8.64. The molecule has 0 aromatic heterocycles. The minimum atomic E-state index is -0.245. The van der Waals surface area contributed by atoms with Gasteiger partial charge in [0.05, 0.1) is 26.3 Å². The molecule has 1 amide bonds. The number of hydrogen-bond acceptors (Lipinski definition) is 4. The number of ether oxygens (including phenoxy) is 1. The van der Waals surface area contributed by atoms with Gasteiger partial charge in [0, 0.05) is 30.9 Å². The fraction of sp³-hybridized carbons (Fsp3) is 0.600. The first-order valence-electron chi connectivity index (χ1n) is 9.63. The highest BCUT2D eigenvalue weighted by molar-refractivity contribution is 14.0. The van der Waals surface area contributed by atoms with Crippen molar-refractivity contribution in [1.82, 2.24) is 16.0 Å². The second-order valence-electron chi connectivity index (χ2n) is 7.58. The molecule has 0 aliphatic carbocycles. The van der Waals surface area contributed by atoms with Crippen molar-refractivity contribution in [1.29, 1.82) is 0 Å². The molecule has 0 atom stereocenters. The van der Waals surface area contributed by atoms with Crippen LogP contribution in [-0.2, 0) is 16.1 Å². The van der Waals surface area contributed by atoms with Crippen LogP contribution in [0.4, 0.5) is 5.69 Å². The molecule has 28 heavy (non-hydrogen) atoms. The summed E-state index contributed by atoms with van der Waals surface area (Å²) in [7, 11) is 0. The van der Waals surface area contributed by atoms with Gasteiger partial charge >= 0.3 is 0 Å². The van der Waals surface area contributed by atoms with Crippen LogP contribution >= 0.6 is 24.0 Å². The van der Waals surface area contributed by atoms with Crippen molar-refractivity contribution in [2.24, 2.45) is 4.99 Å². The summed E-state index contributed by atoms with van der Waals surface area (Å²) in [5.74, 6) is 0.583. The Kier molecular flexibility index (Phi) is 10.6. The van der Waals surface area contributed by atoms with Gasteiger partial charge in [0.2, 0.25) is 5.91 Å². The van der Waals surface area contributed by atoms with Crippen LogP contribution in [-0.4, -0.2) is 56.8 Å². The molecule has 1 heterocycles. The largest absolute Gasteiger partial charge is 0.378 e. The maximum atomic E-state index is 12.0. The van der Waals surface area contributed by atoms with E-state index in [2.05, 4.69) is 44.0 Å².